The smallest absolute Gasteiger partial charge is 0.230 e. The fourth-order valence-electron chi connectivity index (χ4n) is 5.21. The van der Waals surface area contributed by atoms with Crippen molar-refractivity contribution in [2.24, 2.45) is 5.73 Å². The Morgan fingerprint density at radius 3 is 2.54 bits per heavy atom. The molecule has 2 aliphatic heterocycles. The largest absolute Gasteiger partial charge is 0.381 e. The second-order valence-electron chi connectivity index (χ2n) is 9.46. The Labute approximate surface area is 206 Å². The average Bonchev–Trinajstić information content (AvgIpc) is 2.86. The van der Waals surface area contributed by atoms with Gasteiger partial charge in [0.25, 0.3) is 0 Å². The average molecular weight is 504 g/mol. The summed E-state index contributed by atoms with van der Waals surface area (Å²) in [6.07, 6.45) is 2.12. The van der Waals surface area contributed by atoms with Gasteiger partial charge < -0.3 is 15.8 Å². The lowest BCUT2D eigenvalue weighted by Gasteiger charge is -2.38. The molecule has 2 atom stereocenters. The minimum Gasteiger partial charge on any atom is -0.381 e. The molecule has 3 N–H and O–H groups in total. The van der Waals surface area contributed by atoms with Crippen molar-refractivity contribution in [3.8, 4) is 0 Å². The third kappa shape index (κ3) is 5.14. The van der Waals surface area contributed by atoms with Crippen LogP contribution in [0.2, 0.25) is 0 Å². The molecule has 190 valence electrons. The maximum atomic E-state index is 15.4. The van der Waals surface area contributed by atoms with Gasteiger partial charge in [0.2, 0.25) is 15.9 Å². The van der Waals surface area contributed by atoms with Crippen molar-refractivity contribution in [2.75, 3.05) is 26.3 Å². The van der Waals surface area contributed by atoms with Crippen molar-refractivity contribution in [2.45, 2.75) is 55.9 Å². The molecule has 0 radical (unpaired) electrons. The molecule has 35 heavy (non-hydrogen) atoms. The summed E-state index contributed by atoms with van der Waals surface area (Å²) in [7, 11) is -3.67. The quantitative estimate of drug-likeness (QED) is 0.605. The highest BCUT2D eigenvalue weighted by Crippen LogP contribution is 2.39. The summed E-state index contributed by atoms with van der Waals surface area (Å²) < 4.78 is 49.4. The van der Waals surface area contributed by atoms with Crippen molar-refractivity contribution >= 4 is 15.9 Å². The first-order chi connectivity index (χ1) is 16.8. The van der Waals surface area contributed by atoms with Gasteiger partial charge in [-0.05, 0) is 49.8 Å². The third-order valence-electron chi connectivity index (χ3n) is 7.34. The topological polar surface area (TPSA) is 102 Å². The van der Waals surface area contributed by atoms with Crippen molar-refractivity contribution in [3.05, 3.63) is 71.0 Å². The normalized spacial score (nSPS) is 24.1. The van der Waals surface area contributed by atoms with E-state index >= 15 is 4.39 Å². The Hall–Kier alpha value is -2.33. The van der Waals surface area contributed by atoms with Gasteiger partial charge in [0, 0.05) is 44.5 Å². The van der Waals surface area contributed by atoms with Crippen LogP contribution in [0.15, 0.2) is 48.5 Å². The van der Waals surface area contributed by atoms with Gasteiger partial charge in [-0.15, -0.1) is 0 Å². The van der Waals surface area contributed by atoms with Crippen LogP contribution in [0.3, 0.4) is 0 Å². The second-order valence-corrected chi connectivity index (χ2v) is 11.5. The van der Waals surface area contributed by atoms with E-state index in [-0.39, 0.29) is 18.5 Å². The van der Waals surface area contributed by atoms with Crippen LogP contribution in [0.5, 0.6) is 0 Å². The molecule has 0 saturated carbocycles. The van der Waals surface area contributed by atoms with Crippen molar-refractivity contribution in [1.82, 2.24) is 9.62 Å². The number of carbonyl (C=O) groups is 1. The summed E-state index contributed by atoms with van der Waals surface area (Å²) in [5.74, 6) is -0.694. The monoisotopic (exact) mass is 503 g/mol. The summed E-state index contributed by atoms with van der Waals surface area (Å²) in [5.41, 5.74) is 6.28. The van der Waals surface area contributed by atoms with E-state index in [0.717, 1.165) is 5.56 Å². The molecule has 2 aromatic rings. The lowest BCUT2D eigenvalue weighted by molar-refractivity contribution is -0.130. The van der Waals surface area contributed by atoms with Crippen LogP contribution in [0.1, 0.15) is 54.5 Å². The van der Waals surface area contributed by atoms with Crippen LogP contribution in [0.4, 0.5) is 4.39 Å². The van der Waals surface area contributed by atoms with Crippen molar-refractivity contribution in [3.63, 3.8) is 0 Å². The first-order valence-corrected chi connectivity index (χ1v) is 13.7. The number of hydrogen-bond donors (Lipinski definition) is 2. The molecule has 0 aliphatic carbocycles. The van der Waals surface area contributed by atoms with Crippen LogP contribution in [-0.2, 0) is 31.5 Å². The summed E-state index contributed by atoms with van der Waals surface area (Å²) in [4.78, 5) is 13.1. The third-order valence-corrected chi connectivity index (χ3v) is 9.71. The van der Waals surface area contributed by atoms with E-state index in [9.17, 15) is 13.2 Å². The Morgan fingerprint density at radius 2 is 1.89 bits per heavy atom. The molecule has 2 heterocycles. The molecule has 0 spiro atoms. The highest BCUT2D eigenvalue weighted by Gasteiger charge is 2.43. The van der Waals surface area contributed by atoms with Gasteiger partial charge in [0.15, 0.2) is 0 Å². The number of carbonyl (C=O) groups excluding carboxylic acids is 1. The highest BCUT2D eigenvalue weighted by atomic mass is 32.2. The number of hydrogen-bond acceptors (Lipinski definition) is 5. The van der Waals surface area contributed by atoms with Gasteiger partial charge in [-0.1, -0.05) is 42.5 Å². The molecular formula is C26H34FN3O4S. The Morgan fingerprint density at radius 1 is 1.17 bits per heavy atom. The minimum atomic E-state index is -3.67. The molecule has 2 aliphatic rings. The fraction of sp³-hybridized carbons (Fsp3) is 0.500. The van der Waals surface area contributed by atoms with E-state index in [1.165, 1.54) is 10.4 Å². The van der Waals surface area contributed by atoms with E-state index in [0.29, 0.717) is 63.1 Å². The summed E-state index contributed by atoms with van der Waals surface area (Å²) in [6.45, 7) is 3.29. The van der Waals surface area contributed by atoms with Gasteiger partial charge in [-0.25, -0.2) is 12.8 Å². The van der Waals surface area contributed by atoms with Crippen molar-refractivity contribution in [1.29, 1.82) is 0 Å². The number of rotatable bonds is 7. The molecule has 2 fully saturated rings. The number of nitrogens with two attached hydrogens (primary N) is 1. The van der Waals surface area contributed by atoms with Crippen LogP contribution < -0.4 is 11.1 Å². The number of nitrogens with one attached hydrogen (secondary N) is 1. The zero-order valence-corrected chi connectivity index (χ0v) is 20.9. The number of nitrogens with zero attached hydrogens (tertiary/aromatic N) is 1. The molecule has 4 rings (SSSR count). The van der Waals surface area contributed by atoms with E-state index in [1.807, 2.05) is 37.3 Å². The van der Waals surface area contributed by atoms with Gasteiger partial charge in [0.1, 0.15) is 11.1 Å². The lowest BCUT2D eigenvalue weighted by atomic mass is 9.73. The maximum absolute atomic E-state index is 15.4. The molecule has 0 aromatic heterocycles. The van der Waals surface area contributed by atoms with Crippen LogP contribution in [-0.4, -0.2) is 51.0 Å². The molecule has 7 nitrogen and oxygen atoms in total. The van der Waals surface area contributed by atoms with Crippen molar-refractivity contribution < 1.29 is 22.3 Å². The van der Waals surface area contributed by atoms with E-state index < -0.39 is 26.5 Å². The first-order valence-electron chi connectivity index (χ1n) is 12.2. The summed E-state index contributed by atoms with van der Waals surface area (Å²) >= 11 is 0. The molecule has 1 unspecified atom stereocenters. The fourth-order valence-corrected chi connectivity index (χ4v) is 7.40. The predicted molar refractivity (Wildman–Crippen MR) is 133 cm³/mol. The Bertz CT molecular complexity index is 1140. The van der Waals surface area contributed by atoms with E-state index in [1.54, 1.807) is 12.1 Å². The minimum absolute atomic E-state index is 0.0472. The van der Waals surface area contributed by atoms with Crippen LogP contribution in [0.25, 0.3) is 0 Å². The van der Waals surface area contributed by atoms with Gasteiger partial charge >= 0.3 is 0 Å². The molecule has 1 amide bonds. The Balaban J connectivity index is 1.61. The maximum Gasteiger partial charge on any atom is 0.230 e. The molecular weight excluding hydrogens is 469 g/mol. The number of benzene rings is 2. The number of ether oxygens (including phenoxy) is 1. The van der Waals surface area contributed by atoms with Gasteiger partial charge in [0.05, 0.1) is 5.41 Å². The zero-order chi connectivity index (χ0) is 25.1. The highest BCUT2D eigenvalue weighted by molar-refractivity contribution is 7.89. The van der Waals surface area contributed by atoms with Gasteiger partial charge in [-0.3, -0.25) is 4.79 Å². The first kappa shape index (κ1) is 25.8. The number of sulfonamides is 1. The standard InChI is InChI=1S/C26H34FN3O4S/c1-19-7-10-24(20-5-3-2-4-6-20)35(32,33)30(19)18-21-8-9-22(17-23(21)27)26(11-15-34-16-12-26)25(31)29-14-13-28/h2-6,8-9,17,19,24H,7,10-16,18,28H2,1H3,(H,29,31)/t19-,24?/m0/s1. The molecule has 9 heteroatoms. The number of amides is 1. The lowest BCUT2D eigenvalue weighted by Crippen LogP contribution is -2.49. The zero-order valence-electron chi connectivity index (χ0n) is 20.1. The second kappa shape index (κ2) is 10.7. The summed E-state index contributed by atoms with van der Waals surface area (Å²) in [6, 6.07) is 13.7. The van der Waals surface area contributed by atoms with Gasteiger partial charge in [-0.2, -0.15) is 4.31 Å². The van der Waals surface area contributed by atoms with Crippen LogP contribution >= 0.6 is 0 Å². The number of halogens is 1. The van der Waals surface area contributed by atoms with E-state index in [4.69, 9.17) is 10.5 Å². The van der Waals surface area contributed by atoms with E-state index in [2.05, 4.69) is 5.32 Å². The molecule has 0 bridgehead atoms. The Kier molecular flexibility index (Phi) is 7.90. The SMILES string of the molecule is C[C@H]1CCC(c2ccccc2)S(=O)(=O)N1Cc1ccc(C2(C(=O)NCCN)CCOCC2)cc1F. The molecule has 2 saturated heterocycles. The predicted octanol–water partition coefficient (Wildman–Crippen LogP) is 3.00. The molecule has 2 aromatic carbocycles. The van der Waals surface area contributed by atoms with Crippen LogP contribution in [0, 0.1) is 5.82 Å². The summed E-state index contributed by atoms with van der Waals surface area (Å²) in [5, 5.41) is 2.21.